The number of ether oxygens (including phenoxy) is 1. The number of carbonyl (C=O) groups is 2. The standard InChI is InChI=1S/C14H23N3O4/c1-3-21-9-5-7-16(10-12(2)14(19)20)13(18)11-17-8-4-6-15-17/h4,6,8,12H,3,5,7,9-11H2,1-2H3,(H,19,20). The zero-order chi connectivity index (χ0) is 15.7. The molecule has 1 N–H and O–H groups in total. The molecule has 118 valence electrons. The first-order valence-electron chi connectivity index (χ1n) is 7.10. The van der Waals surface area contributed by atoms with Crippen molar-refractivity contribution in [3.63, 3.8) is 0 Å². The third kappa shape index (κ3) is 6.40. The predicted octanol–water partition coefficient (Wildman–Crippen LogP) is 0.859. The number of amides is 1. The van der Waals surface area contributed by atoms with Crippen LogP contribution in [0.15, 0.2) is 18.5 Å². The van der Waals surface area contributed by atoms with Crippen LogP contribution in [0, 0.1) is 5.92 Å². The highest BCUT2D eigenvalue weighted by Crippen LogP contribution is 2.04. The number of rotatable bonds is 10. The Morgan fingerprint density at radius 3 is 2.81 bits per heavy atom. The van der Waals surface area contributed by atoms with Crippen molar-refractivity contribution in [3.05, 3.63) is 18.5 Å². The van der Waals surface area contributed by atoms with Gasteiger partial charge in [-0.3, -0.25) is 14.3 Å². The molecular weight excluding hydrogens is 274 g/mol. The summed E-state index contributed by atoms with van der Waals surface area (Å²) in [7, 11) is 0. The lowest BCUT2D eigenvalue weighted by Gasteiger charge is -2.24. The first-order chi connectivity index (χ1) is 10.0. The summed E-state index contributed by atoms with van der Waals surface area (Å²) in [6, 6.07) is 1.74. The molecule has 0 aromatic carbocycles. The van der Waals surface area contributed by atoms with Gasteiger partial charge >= 0.3 is 5.97 Å². The van der Waals surface area contributed by atoms with Gasteiger partial charge in [0, 0.05) is 38.7 Å². The van der Waals surface area contributed by atoms with E-state index in [1.54, 1.807) is 30.3 Å². The molecule has 1 aromatic heterocycles. The van der Waals surface area contributed by atoms with Crippen LogP contribution in [0.1, 0.15) is 20.3 Å². The molecule has 0 radical (unpaired) electrons. The molecule has 0 aliphatic rings. The molecule has 0 spiro atoms. The lowest BCUT2D eigenvalue weighted by molar-refractivity contribution is -0.143. The number of aliphatic carboxylic acids is 1. The number of aromatic nitrogens is 2. The van der Waals surface area contributed by atoms with E-state index in [0.29, 0.717) is 26.2 Å². The maximum Gasteiger partial charge on any atom is 0.308 e. The molecule has 21 heavy (non-hydrogen) atoms. The second kappa shape index (κ2) is 9.12. The third-order valence-electron chi connectivity index (χ3n) is 3.05. The molecule has 0 fully saturated rings. The van der Waals surface area contributed by atoms with Gasteiger partial charge in [-0.25, -0.2) is 0 Å². The number of carboxylic acid groups (broad SMARTS) is 1. The largest absolute Gasteiger partial charge is 0.481 e. The fraction of sp³-hybridized carbons (Fsp3) is 0.643. The van der Waals surface area contributed by atoms with Crippen LogP contribution in [0.4, 0.5) is 0 Å². The molecule has 7 heteroatoms. The number of carbonyl (C=O) groups excluding carboxylic acids is 1. The van der Waals surface area contributed by atoms with Gasteiger partial charge in [0.25, 0.3) is 0 Å². The number of carboxylic acids is 1. The SMILES string of the molecule is CCOCCCN(CC(C)C(=O)O)C(=O)Cn1cccn1. The Morgan fingerprint density at radius 2 is 2.24 bits per heavy atom. The highest BCUT2D eigenvalue weighted by molar-refractivity contribution is 5.77. The highest BCUT2D eigenvalue weighted by Gasteiger charge is 2.20. The Kier molecular flexibility index (Phi) is 7.45. The zero-order valence-electron chi connectivity index (χ0n) is 12.6. The summed E-state index contributed by atoms with van der Waals surface area (Å²) in [6.45, 7) is 5.50. The van der Waals surface area contributed by atoms with Crippen LogP contribution < -0.4 is 0 Å². The van der Waals surface area contributed by atoms with Crippen molar-refractivity contribution in [1.29, 1.82) is 0 Å². The minimum absolute atomic E-state index is 0.119. The van der Waals surface area contributed by atoms with Crippen molar-refractivity contribution in [3.8, 4) is 0 Å². The van der Waals surface area contributed by atoms with Crippen molar-refractivity contribution in [2.45, 2.75) is 26.8 Å². The van der Waals surface area contributed by atoms with Gasteiger partial charge in [-0.1, -0.05) is 6.92 Å². The predicted molar refractivity (Wildman–Crippen MR) is 76.7 cm³/mol. The molecule has 0 saturated carbocycles. The molecule has 1 unspecified atom stereocenters. The molecule has 7 nitrogen and oxygen atoms in total. The van der Waals surface area contributed by atoms with E-state index in [9.17, 15) is 9.59 Å². The van der Waals surface area contributed by atoms with Crippen molar-refractivity contribution in [2.75, 3.05) is 26.3 Å². The van der Waals surface area contributed by atoms with Crippen LogP contribution in [-0.4, -0.2) is 58.0 Å². The fourth-order valence-electron chi connectivity index (χ4n) is 1.86. The Morgan fingerprint density at radius 1 is 1.48 bits per heavy atom. The van der Waals surface area contributed by atoms with E-state index in [0.717, 1.165) is 0 Å². The van der Waals surface area contributed by atoms with Crippen LogP contribution in [0.2, 0.25) is 0 Å². The molecule has 0 saturated heterocycles. The molecular formula is C14H23N3O4. The summed E-state index contributed by atoms with van der Waals surface area (Å²) < 4.78 is 6.78. The van der Waals surface area contributed by atoms with E-state index < -0.39 is 11.9 Å². The quantitative estimate of drug-likeness (QED) is 0.647. The Hall–Kier alpha value is -1.89. The minimum Gasteiger partial charge on any atom is -0.481 e. The molecule has 1 amide bonds. The van der Waals surface area contributed by atoms with Crippen molar-refractivity contribution in [2.24, 2.45) is 5.92 Å². The average Bonchev–Trinajstić information content (AvgIpc) is 2.94. The van der Waals surface area contributed by atoms with Gasteiger partial charge in [0.15, 0.2) is 0 Å². The summed E-state index contributed by atoms with van der Waals surface area (Å²) in [5, 5.41) is 13.0. The van der Waals surface area contributed by atoms with Gasteiger partial charge < -0.3 is 14.7 Å². The molecule has 0 aliphatic heterocycles. The Balaban J connectivity index is 2.56. The van der Waals surface area contributed by atoms with Gasteiger partial charge in [-0.2, -0.15) is 5.10 Å². The van der Waals surface area contributed by atoms with Crippen LogP contribution in [0.5, 0.6) is 0 Å². The summed E-state index contributed by atoms with van der Waals surface area (Å²) in [6.07, 6.45) is 3.99. The number of hydrogen-bond donors (Lipinski definition) is 1. The normalized spacial score (nSPS) is 12.1. The van der Waals surface area contributed by atoms with Crippen LogP contribution in [0.3, 0.4) is 0 Å². The van der Waals surface area contributed by atoms with Crippen molar-refractivity contribution < 1.29 is 19.4 Å². The summed E-state index contributed by atoms with van der Waals surface area (Å²) >= 11 is 0. The van der Waals surface area contributed by atoms with Crippen LogP contribution in [-0.2, 0) is 20.9 Å². The fourth-order valence-corrected chi connectivity index (χ4v) is 1.86. The summed E-state index contributed by atoms with van der Waals surface area (Å²) in [5.41, 5.74) is 0. The van der Waals surface area contributed by atoms with Crippen molar-refractivity contribution >= 4 is 11.9 Å². The van der Waals surface area contributed by atoms with E-state index in [2.05, 4.69) is 5.10 Å². The topological polar surface area (TPSA) is 84.7 Å². The van der Waals surface area contributed by atoms with E-state index in [-0.39, 0.29) is 19.0 Å². The first kappa shape index (κ1) is 17.2. The molecule has 1 aromatic rings. The van der Waals surface area contributed by atoms with Gasteiger partial charge in [0.2, 0.25) is 5.91 Å². The maximum absolute atomic E-state index is 12.3. The summed E-state index contributed by atoms with van der Waals surface area (Å²) in [5.74, 6) is -1.64. The highest BCUT2D eigenvalue weighted by atomic mass is 16.5. The Labute approximate surface area is 124 Å². The van der Waals surface area contributed by atoms with Crippen LogP contribution in [0.25, 0.3) is 0 Å². The third-order valence-corrected chi connectivity index (χ3v) is 3.05. The van der Waals surface area contributed by atoms with E-state index in [1.165, 1.54) is 4.68 Å². The van der Waals surface area contributed by atoms with E-state index in [4.69, 9.17) is 9.84 Å². The zero-order valence-corrected chi connectivity index (χ0v) is 12.6. The maximum atomic E-state index is 12.3. The van der Waals surface area contributed by atoms with Crippen LogP contribution >= 0.6 is 0 Å². The van der Waals surface area contributed by atoms with Crippen molar-refractivity contribution in [1.82, 2.24) is 14.7 Å². The van der Waals surface area contributed by atoms with Gasteiger partial charge in [-0.15, -0.1) is 0 Å². The molecule has 1 rings (SSSR count). The second-order valence-electron chi connectivity index (χ2n) is 4.83. The molecule has 1 heterocycles. The lowest BCUT2D eigenvalue weighted by atomic mass is 10.1. The van der Waals surface area contributed by atoms with Gasteiger partial charge in [0.1, 0.15) is 6.54 Å². The monoisotopic (exact) mass is 297 g/mol. The van der Waals surface area contributed by atoms with E-state index in [1.807, 2.05) is 6.92 Å². The average molecular weight is 297 g/mol. The lowest BCUT2D eigenvalue weighted by Crippen LogP contribution is -2.39. The van der Waals surface area contributed by atoms with Gasteiger partial charge in [0.05, 0.1) is 5.92 Å². The smallest absolute Gasteiger partial charge is 0.308 e. The minimum atomic E-state index is -0.906. The van der Waals surface area contributed by atoms with Gasteiger partial charge in [-0.05, 0) is 19.4 Å². The second-order valence-corrected chi connectivity index (χ2v) is 4.83. The molecule has 0 aliphatic carbocycles. The Bertz CT molecular complexity index is 433. The number of hydrogen-bond acceptors (Lipinski definition) is 4. The first-order valence-corrected chi connectivity index (χ1v) is 7.10. The molecule has 1 atom stereocenters. The summed E-state index contributed by atoms with van der Waals surface area (Å²) in [4.78, 5) is 24.8. The van der Waals surface area contributed by atoms with E-state index >= 15 is 0 Å². The number of nitrogens with zero attached hydrogens (tertiary/aromatic N) is 3. The molecule has 0 bridgehead atoms.